The molecule has 1 unspecified atom stereocenters. The van der Waals surface area contributed by atoms with Crippen molar-refractivity contribution in [2.24, 2.45) is 5.92 Å². The van der Waals surface area contributed by atoms with Crippen LogP contribution in [0.2, 0.25) is 0 Å². The summed E-state index contributed by atoms with van der Waals surface area (Å²) in [7, 11) is 0. The number of hydrogen-bond donors (Lipinski definition) is 1. The predicted octanol–water partition coefficient (Wildman–Crippen LogP) is 2.15. The van der Waals surface area contributed by atoms with E-state index in [2.05, 4.69) is 17.2 Å². The summed E-state index contributed by atoms with van der Waals surface area (Å²) in [6.07, 6.45) is 5.81. The van der Waals surface area contributed by atoms with Crippen LogP contribution in [0, 0.1) is 11.1 Å². The number of aryl methyl sites for hydroxylation is 1. The summed E-state index contributed by atoms with van der Waals surface area (Å²) in [6.45, 7) is 2.24. The van der Waals surface area contributed by atoms with Gasteiger partial charge in [-0.25, -0.2) is 4.98 Å². The van der Waals surface area contributed by atoms with Crippen LogP contribution in [0.25, 0.3) is 0 Å². The van der Waals surface area contributed by atoms with Crippen molar-refractivity contribution >= 4 is 22.4 Å². The molecule has 2 aromatic rings. The molecule has 2 heterocycles. The summed E-state index contributed by atoms with van der Waals surface area (Å²) >= 11 is 1.56. The zero-order valence-electron chi connectivity index (χ0n) is 11.1. The highest BCUT2D eigenvalue weighted by molar-refractivity contribution is 7.15. The van der Waals surface area contributed by atoms with Crippen LogP contribution in [-0.4, -0.2) is 10.9 Å². The molecule has 0 saturated heterocycles. The van der Waals surface area contributed by atoms with E-state index in [0.717, 1.165) is 25.0 Å². The first-order chi connectivity index (χ1) is 9.61. The topological polar surface area (TPSA) is 68.9 Å². The number of carbonyl (C=O) groups is 1. The van der Waals surface area contributed by atoms with Gasteiger partial charge in [0.1, 0.15) is 0 Å². The fraction of sp³-hybridized carbons (Fsp3) is 0.357. The Labute approximate surface area is 120 Å². The lowest BCUT2D eigenvalue weighted by Gasteiger charge is -2.15. The number of nitrogens with one attached hydrogen (secondary N) is 1. The number of hydrogen-bond acceptors (Lipinski definition) is 4. The lowest BCUT2D eigenvalue weighted by atomic mass is 9.93. The van der Waals surface area contributed by atoms with E-state index in [1.807, 2.05) is 0 Å². The Kier molecular flexibility index (Phi) is 3.40. The van der Waals surface area contributed by atoms with Gasteiger partial charge in [-0.05, 0) is 25.2 Å². The van der Waals surface area contributed by atoms with E-state index in [4.69, 9.17) is 0 Å². The lowest BCUT2D eigenvalue weighted by molar-refractivity contribution is -0.605. The van der Waals surface area contributed by atoms with Gasteiger partial charge in [-0.15, -0.1) is 11.3 Å². The molecule has 0 bridgehead atoms. The van der Waals surface area contributed by atoms with Crippen molar-refractivity contribution in [3.05, 3.63) is 45.9 Å². The van der Waals surface area contributed by atoms with Crippen LogP contribution < -0.4 is 10.0 Å². The van der Waals surface area contributed by atoms with E-state index in [0.29, 0.717) is 21.3 Å². The van der Waals surface area contributed by atoms with Gasteiger partial charge < -0.3 is 5.21 Å². The molecule has 0 saturated carbocycles. The average molecular weight is 289 g/mol. The molecule has 0 spiro atoms. The highest BCUT2D eigenvalue weighted by Gasteiger charge is 2.20. The molecule has 0 aliphatic heterocycles. The summed E-state index contributed by atoms with van der Waals surface area (Å²) in [4.78, 5) is 17.8. The Hall–Kier alpha value is -1.95. The molecule has 3 rings (SSSR count). The smallest absolute Gasteiger partial charge is 0.257 e. The monoisotopic (exact) mass is 289 g/mol. The van der Waals surface area contributed by atoms with E-state index >= 15 is 0 Å². The first-order valence-corrected chi connectivity index (χ1v) is 7.42. The lowest BCUT2D eigenvalue weighted by Crippen LogP contribution is -2.25. The minimum Gasteiger partial charge on any atom is -0.619 e. The second kappa shape index (κ2) is 5.20. The van der Waals surface area contributed by atoms with E-state index in [9.17, 15) is 10.0 Å². The Balaban J connectivity index is 1.75. The number of thiazole rings is 1. The number of fused-ring (bicyclic) bond motifs is 1. The minimum atomic E-state index is -0.232. The van der Waals surface area contributed by atoms with Crippen LogP contribution in [0.15, 0.2) is 24.5 Å². The molecule has 104 valence electrons. The molecule has 1 atom stereocenters. The molecule has 0 radical (unpaired) electrons. The number of aromatic nitrogens is 2. The van der Waals surface area contributed by atoms with Crippen LogP contribution in [-0.2, 0) is 12.8 Å². The molecule has 1 aliphatic carbocycles. The summed E-state index contributed by atoms with van der Waals surface area (Å²) < 4.78 is 0.653. The van der Waals surface area contributed by atoms with Crippen LogP contribution in [0.4, 0.5) is 5.13 Å². The van der Waals surface area contributed by atoms with Crippen LogP contribution in [0.1, 0.15) is 34.3 Å². The maximum absolute atomic E-state index is 12.0. The molecule has 6 heteroatoms. The first kappa shape index (κ1) is 13.1. The Bertz CT molecular complexity index is 636. The standard InChI is InChI=1S/C14H15N3O2S/c1-9-2-3-11-12(8-9)20-14(15-11)16-13(18)10-4-6-17(19)7-5-10/h4-7,9H,2-3,8H2,1H3,(H,15,16,18). The summed E-state index contributed by atoms with van der Waals surface area (Å²) in [5.41, 5.74) is 1.58. The van der Waals surface area contributed by atoms with E-state index in [1.165, 1.54) is 29.4 Å². The number of carbonyl (C=O) groups excluding carboxylic acids is 1. The maximum Gasteiger partial charge on any atom is 0.257 e. The molecular weight excluding hydrogens is 274 g/mol. The fourth-order valence-corrected chi connectivity index (χ4v) is 3.49. The fourth-order valence-electron chi connectivity index (χ4n) is 2.33. The summed E-state index contributed by atoms with van der Waals surface area (Å²) in [5.74, 6) is 0.456. The van der Waals surface area contributed by atoms with Crippen molar-refractivity contribution < 1.29 is 9.52 Å². The third-order valence-corrected chi connectivity index (χ3v) is 4.51. The van der Waals surface area contributed by atoms with Crippen LogP contribution >= 0.6 is 11.3 Å². The maximum atomic E-state index is 12.0. The van der Waals surface area contributed by atoms with E-state index in [1.54, 1.807) is 11.3 Å². The quantitative estimate of drug-likeness (QED) is 0.680. The largest absolute Gasteiger partial charge is 0.619 e. The van der Waals surface area contributed by atoms with Gasteiger partial charge in [-0.1, -0.05) is 6.92 Å². The third-order valence-electron chi connectivity index (χ3n) is 3.47. The van der Waals surface area contributed by atoms with Crippen LogP contribution in [0.5, 0.6) is 0 Å². The Morgan fingerprint density at radius 3 is 3.00 bits per heavy atom. The first-order valence-electron chi connectivity index (χ1n) is 6.60. The molecule has 1 aliphatic rings. The van der Waals surface area contributed by atoms with Crippen molar-refractivity contribution in [3.8, 4) is 0 Å². The molecule has 1 amide bonds. The van der Waals surface area contributed by atoms with Crippen molar-refractivity contribution in [1.29, 1.82) is 0 Å². The highest BCUT2D eigenvalue weighted by Crippen LogP contribution is 2.32. The van der Waals surface area contributed by atoms with Crippen molar-refractivity contribution in [2.75, 3.05) is 5.32 Å². The average Bonchev–Trinajstić information content (AvgIpc) is 2.80. The normalized spacial score (nSPS) is 17.6. The number of anilines is 1. The summed E-state index contributed by atoms with van der Waals surface area (Å²) in [5, 5.41) is 14.4. The van der Waals surface area contributed by atoms with Crippen molar-refractivity contribution in [3.63, 3.8) is 0 Å². The van der Waals surface area contributed by atoms with Gasteiger partial charge in [0.05, 0.1) is 11.3 Å². The van der Waals surface area contributed by atoms with Gasteiger partial charge in [-0.2, -0.15) is 4.73 Å². The highest BCUT2D eigenvalue weighted by atomic mass is 32.1. The van der Waals surface area contributed by atoms with Crippen molar-refractivity contribution in [2.45, 2.75) is 26.2 Å². The molecular formula is C14H15N3O2S. The number of nitrogens with zero attached hydrogens (tertiary/aromatic N) is 2. The second-order valence-corrected chi connectivity index (χ2v) is 6.22. The van der Waals surface area contributed by atoms with Gasteiger partial charge in [0.15, 0.2) is 17.5 Å². The van der Waals surface area contributed by atoms with Gasteiger partial charge in [0.25, 0.3) is 5.91 Å². The number of pyridine rings is 1. The summed E-state index contributed by atoms with van der Waals surface area (Å²) in [6, 6.07) is 3.00. The van der Waals surface area contributed by atoms with Gasteiger partial charge >= 0.3 is 0 Å². The Morgan fingerprint density at radius 2 is 2.25 bits per heavy atom. The Morgan fingerprint density at radius 1 is 1.50 bits per heavy atom. The molecule has 5 nitrogen and oxygen atoms in total. The SMILES string of the molecule is CC1CCc2nc(NC(=O)c3cc[n+]([O-])cc3)sc2C1. The number of rotatable bonds is 2. The predicted molar refractivity (Wildman–Crippen MR) is 76.7 cm³/mol. The molecule has 1 N–H and O–H groups in total. The van der Waals surface area contributed by atoms with Crippen LogP contribution in [0.3, 0.4) is 0 Å². The van der Waals surface area contributed by atoms with Gasteiger partial charge in [0, 0.05) is 17.0 Å². The zero-order chi connectivity index (χ0) is 14.1. The molecule has 0 aromatic carbocycles. The van der Waals surface area contributed by atoms with E-state index in [-0.39, 0.29) is 5.91 Å². The molecule has 20 heavy (non-hydrogen) atoms. The minimum absolute atomic E-state index is 0.232. The van der Waals surface area contributed by atoms with Gasteiger partial charge in [-0.3, -0.25) is 10.1 Å². The van der Waals surface area contributed by atoms with Gasteiger partial charge in [0.2, 0.25) is 0 Å². The molecule has 0 fully saturated rings. The molecule has 2 aromatic heterocycles. The van der Waals surface area contributed by atoms with Crippen molar-refractivity contribution in [1.82, 2.24) is 4.98 Å². The second-order valence-electron chi connectivity index (χ2n) is 5.14. The zero-order valence-corrected chi connectivity index (χ0v) is 11.9. The number of amides is 1. The van der Waals surface area contributed by atoms with E-state index < -0.39 is 0 Å². The third kappa shape index (κ3) is 2.65.